The summed E-state index contributed by atoms with van der Waals surface area (Å²) in [7, 11) is 0. The van der Waals surface area contributed by atoms with Gasteiger partial charge in [0.2, 0.25) is 11.9 Å². The zero-order valence-electron chi connectivity index (χ0n) is 19.0. The topological polar surface area (TPSA) is 104 Å². The molecule has 10 heteroatoms. The van der Waals surface area contributed by atoms with E-state index in [9.17, 15) is 4.79 Å². The van der Waals surface area contributed by atoms with Gasteiger partial charge in [0, 0.05) is 49.8 Å². The van der Waals surface area contributed by atoms with Crippen molar-refractivity contribution in [2.45, 2.75) is 44.4 Å². The van der Waals surface area contributed by atoms with E-state index in [0.29, 0.717) is 37.0 Å². The summed E-state index contributed by atoms with van der Waals surface area (Å²) in [6, 6.07) is 8.63. The molecule has 0 saturated carbocycles. The fourth-order valence-corrected chi connectivity index (χ4v) is 5.39. The number of rotatable bonds is 5. The van der Waals surface area contributed by atoms with E-state index in [1.54, 1.807) is 0 Å². The number of hydrogen-bond acceptors (Lipinski definition) is 7. The van der Waals surface area contributed by atoms with Gasteiger partial charge in [-0.05, 0) is 42.9 Å². The van der Waals surface area contributed by atoms with Crippen LogP contribution in [-0.2, 0) is 16.0 Å². The molecule has 0 unspecified atom stereocenters. The molecule has 3 saturated heterocycles. The normalized spacial score (nSPS) is 25.3. The number of morpholine rings is 1. The molecule has 4 heterocycles. The minimum absolute atomic E-state index is 0.136. The number of carbonyl (C=O) groups is 1. The summed E-state index contributed by atoms with van der Waals surface area (Å²) in [5.41, 5.74) is 6.93. The SMILES string of the molecule is CC1CN(C(=O)[C@H]2CN(C3CCN(c4n[nH]c(N)n4)CC3)[C@@H](Cc3ccc(Cl)cc3)CO2)C1. The van der Waals surface area contributed by atoms with Crippen LogP contribution in [0.1, 0.15) is 25.3 Å². The van der Waals surface area contributed by atoms with Crippen LogP contribution in [0.5, 0.6) is 0 Å². The van der Waals surface area contributed by atoms with Crippen molar-refractivity contribution >= 4 is 29.4 Å². The summed E-state index contributed by atoms with van der Waals surface area (Å²) in [4.78, 5) is 23.9. The van der Waals surface area contributed by atoms with Crippen molar-refractivity contribution in [1.82, 2.24) is 25.0 Å². The third kappa shape index (κ3) is 4.95. The van der Waals surface area contributed by atoms with Crippen LogP contribution in [0, 0.1) is 5.92 Å². The van der Waals surface area contributed by atoms with E-state index in [-0.39, 0.29) is 18.1 Å². The molecule has 3 aliphatic heterocycles. The predicted molar refractivity (Wildman–Crippen MR) is 127 cm³/mol. The molecule has 0 bridgehead atoms. The van der Waals surface area contributed by atoms with E-state index < -0.39 is 0 Å². The van der Waals surface area contributed by atoms with Crippen LogP contribution in [0.4, 0.5) is 11.9 Å². The van der Waals surface area contributed by atoms with Gasteiger partial charge in [-0.3, -0.25) is 9.69 Å². The van der Waals surface area contributed by atoms with Crippen LogP contribution in [0.3, 0.4) is 0 Å². The van der Waals surface area contributed by atoms with E-state index in [1.165, 1.54) is 5.56 Å². The molecular weight excluding hydrogens is 442 g/mol. The maximum atomic E-state index is 13.0. The van der Waals surface area contributed by atoms with E-state index in [0.717, 1.165) is 50.5 Å². The molecule has 0 spiro atoms. The number of nitrogens with zero attached hydrogens (tertiary/aromatic N) is 5. The summed E-state index contributed by atoms with van der Waals surface area (Å²) in [5, 5.41) is 7.66. The first kappa shape index (κ1) is 22.4. The third-order valence-corrected chi connectivity index (χ3v) is 7.33. The number of aromatic nitrogens is 3. The molecule has 3 aliphatic rings. The number of H-pyrrole nitrogens is 1. The van der Waals surface area contributed by atoms with Gasteiger partial charge in [-0.25, -0.2) is 5.10 Å². The zero-order chi connectivity index (χ0) is 22.9. The van der Waals surface area contributed by atoms with Crippen LogP contribution in [0.2, 0.25) is 5.02 Å². The Balaban J connectivity index is 1.28. The lowest BCUT2D eigenvalue weighted by Gasteiger charge is -2.48. The average molecular weight is 474 g/mol. The molecule has 1 aromatic carbocycles. The van der Waals surface area contributed by atoms with Gasteiger partial charge in [0.25, 0.3) is 5.91 Å². The number of aromatic amines is 1. The van der Waals surface area contributed by atoms with E-state index in [2.05, 4.69) is 44.0 Å². The molecule has 9 nitrogen and oxygen atoms in total. The number of nitrogen functional groups attached to an aromatic ring is 1. The summed E-state index contributed by atoms with van der Waals surface area (Å²) in [5.74, 6) is 1.72. The summed E-state index contributed by atoms with van der Waals surface area (Å²) in [6.07, 6.45) is 2.45. The second-order valence-corrected chi connectivity index (χ2v) is 10.0. The highest BCUT2D eigenvalue weighted by atomic mass is 35.5. The number of likely N-dealkylation sites (tertiary alicyclic amines) is 1. The standard InChI is InChI=1S/C23H32ClN7O2/c1-15-11-30(12-15)21(32)20-13-31(19(14-33-20)10-16-2-4-17(24)5-3-16)18-6-8-29(9-7-18)23-26-22(25)27-28-23/h2-5,15,18-20H,6-14H2,1H3,(H3,25,26,27,28)/t19-,20+/m0/s1. The Labute approximate surface area is 199 Å². The van der Waals surface area contributed by atoms with Crippen LogP contribution >= 0.6 is 11.6 Å². The number of anilines is 2. The van der Waals surface area contributed by atoms with Crippen LogP contribution in [0.25, 0.3) is 0 Å². The van der Waals surface area contributed by atoms with E-state index in [4.69, 9.17) is 22.1 Å². The zero-order valence-corrected chi connectivity index (χ0v) is 19.7. The highest BCUT2D eigenvalue weighted by Gasteiger charge is 2.41. The fourth-order valence-electron chi connectivity index (χ4n) is 5.27. The molecule has 1 amide bonds. The fraction of sp³-hybridized carbons (Fsp3) is 0.609. The lowest BCUT2D eigenvalue weighted by Crippen LogP contribution is -2.62. The molecule has 2 aromatic rings. The number of nitrogens with one attached hydrogen (secondary N) is 1. The molecule has 3 N–H and O–H groups in total. The first-order chi connectivity index (χ1) is 16.0. The van der Waals surface area contributed by atoms with Gasteiger partial charge < -0.3 is 20.3 Å². The highest BCUT2D eigenvalue weighted by Crippen LogP contribution is 2.28. The summed E-state index contributed by atoms with van der Waals surface area (Å²) < 4.78 is 6.15. The van der Waals surface area contributed by atoms with Gasteiger partial charge in [0.1, 0.15) is 6.10 Å². The number of halogens is 1. The van der Waals surface area contributed by atoms with Gasteiger partial charge in [0.15, 0.2) is 0 Å². The molecule has 0 radical (unpaired) electrons. The second kappa shape index (κ2) is 9.48. The third-order valence-electron chi connectivity index (χ3n) is 7.08. The van der Waals surface area contributed by atoms with Crippen molar-refractivity contribution in [3.63, 3.8) is 0 Å². The van der Waals surface area contributed by atoms with Gasteiger partial charge in [-0.15, -0.1) is 5.10 Å². The van der Waals surface area contributed by atoms with Crippen molar-refractivity contribution in [3.8, 4) is 0 Å². The molecule has 0 aliphatic carbocycles. The Morgan fingerprint density at radius 1 is 1.21 bits per heavy atom. The van der Waals surface area contributed by atoms with Gasteiger partial charge in [0.05, 0.1) is 6.61 Å². The molecule has 5 rings (SSSR count). The van der Waals surface area contributed by atoms with Gasteiger partial charge in [-0.2, -0.15) is 4.98 Å². The first-order valence-corrected chi connectivity index (χ1v) is 12.2. The molecule has 1 aromatic heterocycles. The maximum absolute atomic E-state index is 13.0. The average Bonchev–Trinajstić information content (AvgIpc) is 3.25. The molecule has 178 valence electrons. The summed E-state index contributed by atoms with van der Waals surface area (Å²) in [6.45, 7) is 6.76. The number of nitrogens with two attached hydrogens (primary N) is 1. The smallest absolute Gasteiger partial charge is 0.253 e. The van der Waals surface area contributed by atoms with Gasteiger partial charge >= 0.3 is 0 Å². The first-order valence-electron chi connectivity index (χ1n) is 11.8. The quantitative estimate of drug-likeness (QED) is 0.682. The highest BCUT2D eigenvalue weighted by molar-refractivity contribution is 6.30. The molecule has 33 heavy (non-hydrogen) atoms. The number of amides is 1. The lowest BCUT2D eigenvalue weighted by molar-refractivity contribution is -0.161. The summed E-state index contributed by atoms with van der Waals surface area (Å²) >= 11 is 6.08. The van der Waals surface area contributed by atoms with Crippen LogP contribution < -0.4 is 10.6 Å². The Morgan fingerprint density at radius 3 is 2.58 bits per heavy atom. The Hall–Kier alpha value is -2.36. The Morgan fingerprint density at radius 2 is 1.94 bits per heavy atom. The minimum Gasteiger partial charge on any atom is -0.368 e. The predicted octanol–water partition coefficient (Wildman–Crippen LogP) is 1.80. The molecule has 2 atom stereocenters. The van der Waals surface area contributed by atoms with E-state index >= 15 is 0 Å². The van der Waals surface area contributed by atoms with Crippen molar-refractivity contribution in [3.05, 3.63) is 34.9 Å². The van der Waals surface area contributed by atoms with Crippen LogP contribution in [0.15, 0.2) is 24.3 Å². The van der Waals surface area contributed by atoms with Crippen molar-refractivity contribution < 1.29 is 9.53 Å². The number of carbonyl (C=O) groups excluding carboxylic acids is 1. The molecule has 3 fully saturated rings. The molecular formula is C23H32ClN7O2. The second-order valence-electron chi connectivity index (χ2n) is 9.59. The minimum atomic E-state index is -0.384. The largest absolute Gasteiger partial charge is 0.368 e. The van der Waals surface area contributed by atoms with Crippen molar-refractivity contribution in [1.29, 1.82) is 0 Å². The number of hydrogen-bond donors (Lipinski definition) is 2. The van der Waals surface area contributed by atoms with Crippen molar-refractivity contribution in [2.24, 2.45) is 5.92 Å². The Kier molecular flexibility index (Phi) is 6.44. The number of ether oxygens (including phenoxy) is 1. The lowest BCUT2D eigenvalue weighted by atomic mass is 9.95. The Bertz CT molecular complexity index is 954. The monoisotopic (exact) mass is 473 g/mol. The maximum Gasteiger partial charge on any atom is 0.253 e. The van der Waals surface area contributed by atoms with Crippen LogP contribution in [-0.4, -0.2) is 88.4 Å². The van der Waals surface area contributed by atoms with Crippen molar-refractivity contribution in [2.75, 3.05) is 50.0 Å². The number of piperidine rings is 1. The van der Waals surface area contributed by atoms with Gasteiger partial charge in [-0.1, -0.05) is 30.7 Å². The number of benzene rings is 1. The van der Waals surface area contributed by atoms with E-state index in [1.807, 2.05) is 17.0 Å².